The summed E-state index contributed by atoms with van der Waals surface area (Å²) in [6.07, 6.45) is 4.10. The third-order valence-electron chi connectivity index (χ3n) is 7.37. The predicted octanol–water partition coefficient (Wildman–Crippen LogP) is 0.653. The van der Waals surface area contributed by atoms with E-state index in [0.717, 1.165) is 32.2 Å². The zero-order chi connectivity index (χ0) is 21.6. The summed E-state index contributed by atoms with van der Waals surface area (Å²) < 4.78 is 0. The van der Waals surface area contributed by atoms with Crippen LogP contribution in [-0.2, 0) is 14.4 Å². The van der Waals surface area contributed by atoms with E-state index < -0.39 is 5.54 Å². The fourth-order valence-corrected chi connectivity index (χ4v) is 5.80. The molecule has 0 bridgehead atoms. The van der Waals surface area contributed by atoms with Crippen LogP contribution in [0.15, 0.2) is 0 Å². The Labute approximate surface area is 183 Å². The number of nitrogens with zero attached hydrogens (tertiary/aromatic N) is 4. The predicted molar refractivity (Wildman–Crippen MR) is 114 cm³/mol. The maximum Gasteiger partial charge on any atom is 0.259 e. The Balaban J connectivity index is 1.63. The highest BCUT2D eigenvalue weighted by Crippen LogP contribution is 2.39. The molecule has 1 spiro atoms. The van der Waals surface area contributed by atoms with E-state index in [2.05, 4.69) is 5.43 Å². The first-order valence-corrected chi connectivity index (χ1v) is 11.7. The van der Waals surface area contributed by atoms with Gasteiger partial charge >= 0.3 is 0 Å². The zero-order valence-corrected chi connectivity index (χ0v) is 19.0. The van der Waals surface area contributed by atoms with Gasteiger partial charge in [-0.2, -0.15) is 0 Å². The lowest BCUT2D eigenvalue weighted by molar-refractivity contribution is -0.172. The number of carbonyl (C=O) groups excluding carboxylic acids is 3. The highest BCUT2D eigenvalue weighted by molar-refractivity contribution is 6.20. The van der Waals surface area contributed by atoms with Gasteiger partial charge in [0.25, 0.3) is 11.8 Å². The number of hydrogen-bond acceptors (Lipinski definition) is 5. The lowest BCUT2D eigenvalue weighted by atomic mass is 9.84. The van der Waals surface area contributed by atoms with Crippen molar-refractivity contribution in [2.75, 3.05) is 39.8 Å². The average Bonchev–Trinajstić information content (AvgIpc) is 3.27. The van der Waals surface area contributed by atoms with Gasteiger partial charge in [0, 0.05) is 51.1 Å². The number of alkyl halides is 1. The maximum atomic E-state index is 13.8. The van der Waals surface area contributed by atoms with Crippen molar-refractivity contribution in [1.82, 2.24) is 25.1 Å². The van der Waals surface area contributed by atoms with Crippen LogP contribution in [-0.4, -0.2) is 100 Å². The van der Waals surface area contributed by atoms with Gasteiger partial charge in [-0.15, -0.1) is 11.6 Å². The molecular weight excluding hydrogens is 406 g/mol. The monoisotopic (exact) mass is 439 g/mol. The summed E-state index contributed by atoms with van der Waals surface area (Å²) >= 11 is 6.27. The summed E-state index contributed by atoms with van der Waals surface area (Å²) in [4.78, 5) is 45.9. The van der Waals surface area contributed by atoms with Gasteiger partial charge in [-0.1, -0.05) is 0 Å². The molecular formula is C21H34ClN5O3. The van der Waals surface area contributed by atoms with Crippen molar-refractivity contribution < 1.29 is 14.4 Å². The Morgan fingerprint density at radius 1 is 1.13 bits per heavy atom. The smallest absolute Gasteiger partial charge is 0.259 e. The van der Waals surface area contributed by atoms with Gasteiger partial charge in [0.1, 0.15) is 6.54 Å². The van der Waals surface area contributed by atoms with Gasteiger partial charge in [0.15, 0.2) is 0 Å². The molecule has 30 heavy (non-hydrogen) atoms. The van der Waals surface area contributed by atoms with Gasteiger partial charge in [-0.05, 0) is 45.4 Å². The number of hydrogen-bond donors (Lipinski definition) is 1. The van der Waals surface area contributed by atoms with Crippen molar-refractivity contribution in [3.05, 3.63) is 0 Å². The van der Waals surface area contributed by atoms with Crippen molar-refractivity contribution in [2.45, 2.75) is 69.0 Å². The van der Waals surface area contributed by atoms with E-state index in [4.69, 9.17) is 11.6 Å². The van der Waals surface area contributed by atoms with Gasteiger partial charge in [-0.3, -0.25) is 19.8 Å². The van der Waals surface area contributed by atoms with Crippen LogP contribution >= 0.6 is 11.6 Å². The maximum absolute atomic E-state index is 13.8. The lowest BCUT2D eigenvalue weighted by Crippen LogP contribution is -2.72. The molecule has 9 heteroatoms. The molecule has 0 aromatic rings. The van der Waals surface area contributed by atoms with Crippen molar-refractivity contribution in [3.63, 3.8) is 0 Å². The summed E-state index contributed by atoms with van der Waals surface area (Å²) in [5.74, 6) is -0.206. The normalized spacial score (nSPS) is 36.1. The second-order valence-electron chi connectivity index (χ2n) is 9.65. The average molecular weight is 440 g/mol. The first kappa shape index (κ1) is 21.8. The van der Waals surface area contributed by atoms with Crippen LogP contribution in [0.1, 0.15) is 46.0 Å². The van der Waals surface area contributed by atoms with Gasteiger partial charge in [-0.25, -0.2) is 5.01 Å². The molecule has 0 radical (unpaired) electrons. The zero-order valence-electron chi connectivity index (χ0n) is 18.3. The third kappa shape index (κ3) is 3.60. The van der Waals surface area contributed by atoms with Crippen molar-refractivity contribution >= 4 is 29.3 Å². The second kappa shape index (κ2) is 8.28. The number of amides is 3. The molecule has 4 aliphatic rings. The number of halogens is 1. The topological polar surface area (TPSA) is 76.2 Å². The van der Waals surface area contributed by atoms with Crippen LogP contribution in [0, 0.1) is 5.92 Å². The number of rotatable bonds is 4. The molecule has 4 fully saturated rings. The summed E-state index contributed by atoms with van der Waals surface area (Å²) in [5.41, 5.74) is 1.86. The van der Waals surface area contributed by atoms with Crippen LogP contribution in [0.3, 0.4) is 0 Å². The van der Waals surface area contributed by atoms with Gasteiger partial charge in [0.05, 0.1) is 6.04 Å². The van der Waals surface area contributed by atoms with Crippen LogP contribution in [0.5, 0.6) is 0 Å². The highest BCUT2D eigenvalue weighted by Gasteiger charge is 2.63. The van der Waals surface area contributed by atoms with Gasteiger partial charge < -0.3 is 14.7 Å². The number of likely N-dealkylation sites (N-methyl/N-ethyl adjacent to an activating group) is 1. The molecule has 1 N–H and O–H groups in total. The van der Waals surface area contributed by atoms with E-state index in [1.54, 1.807) is 9.80 Å². The van der Waals surface area contributed by atoms with Crippen molar-refractivity contribution in [1.29, 1.82) is 0 Å². The third-order valence-corrected chi connectivity index (χ3v) is 7.81. The Bertz CT molecular complexity index is 711. The minimum atomic E-state index is -1.38. The second-order valence-corrected chi connectivity index (χ2v) is 10.3. The molecule has 1 aliphatic carbocycles. The molecule has 3 heterocycles. The molecule has 2 atom stereocenters. The lowest BCUT2D eigenvalue weighted by Gasteiger charge is -2.48. The fourth-order valence-electron chi connectivity index (χ4n) is 5.55. The Hall–Kier alpha value is -1.38. The molecule has 8 nitrogen and oxygen atoms in total. The molecule has 0 aromatic heterocycles. The number of likely N-dealkylation sites (tertiary alicyclic amines) is 1. The largest absolute Gasteiger partial charge is 0.334 e. The Morgan fingerprint density at radius 3 is 2.43 bits per heavy atom. The minimum Gasteiger partial charge on any atom is -0.334 e. The fraction of sp³-hybridized carbons (Fsp3) is 0.857. The molecule has 3 aliphatic heterocycles. The molecule has 4 rings (SSSR count). The Morgan fingerprint density at radius 2 is 1.83 bits per heavy atom. The van der Waals surface area contributed by atoms with E-state index >= 15 is 0 Å². The van der Waals surface area contributed by atoms with E-state index in [0.29, 0.717) is 32.0 Å². The molecule has 1 saturated carbocycles. The van der Waals surface area contributed by atoms with Crippen molar-refractivity contribution in [2.24, 2.45) is 5.92 Å². The molecule has 3 saturated heterocycles. The summed E-state index contributed by atoms with van der Waals surface area (Å²) in [5, 5.41) is 2.17. The van der Waals surface area contributed by atoms with E-state index in [-0.39, 0.29) is 41.7 Å². The number of piperazine rings is 1. The number of hydrazine groups is 1. The molecule has 0 aromatic carbocycles. The molecule has 2 unspecified atom stereocenters. The van der Waals surface area contributed by atoms with E-state index in [1.165, 1.54) is 0 Å². The van der Waals surface area contributed by atoms with E-state index in [9.17, 15) is 14.4 Å². The Kier molecular flexibility index (Phi) is 6.03. The molecule has 3 amide bonds. The van der Waals surface area contributed by atoms with Crippen molar-refractivity contribution in [3.8, 4) is 0 Å². The summed E-state index contributed by atoms with van der Waals surface area (Å²) in [6, 6.07) is -0.0963. The summed E-state index contributed by atoms with van der Waals surface area (Å²) in [6.45, 7) is 6.25. The first-order chi connectivity index (χ1) is 14.2. The number of carbonyl (C=O) groups is 3. The SMILES string of the molecule is CC(C)N1CC(=O)N(CC2CCC(Cl)CC2)C2(CCN(C3CNN(C)C3)C2=O)C1=O. The number of nitrogens with one attached hydrogen (secondary N) is 1. The van der Waals surface area contributed by atoms with Crippen LogP contribution < -0.4 is 5.43 Å². The van der Waals surface area contributed by atoms with Crippen LogP contribution in [0.2, 0.25) is 0 Å². The molecule has 168 valence electrons. The highest BCUT2D eigenvalue weighted by atomic mass is 35.5. The van der Waals surface area contributed by atoms with Gasteiger partial charge in [0.2, 0.25) is 11.4 Å². The summed E-state index contributed by atoms with van der Waals surface area (Å²) in [7, 11) is 1.95. The standard InChI is InChI=1S/C21H34ClN5O3/c1-14(2)26-13-18(28)27(11-15-4-6-16(22)7-5-15)21(20(26)30)8-9-25(19(21)29)17-10-23-24(3)12-17/h14-17,23H,4-13H2,1-3H3. The minimum absolute atomic E-state index is 0.0211. The quantitative estimate of drug-likeness (QED) is 0.514. The first-order valence-electron chi connectivity index (χ1n) is 11.3. The van der Waals surface area contributed by atoms with Crippen LogP contribution in [0.4, 0.5) is 0 Å². The van der Waals surface area contributed by atoms with E-state index in [1.807, 2.05) is 30.8 Å². The van der Waals surface area contributed by atoms with Crippen LogP contribution in [0.25, 0.3) is 0 Å².